The van der Waals surface area contributed by atoms with Crippen LogP contribution in [0, 0.1) is 0 Å². The standard InChI is InChI=1S/C24H34N4O2.HI/c1-4-25-24(27(2)16-19-9-11-23(30-3)12-10-19)26-15-22(29)18-28-14-13-20-7-5-6-8-21(20)17-28;/h5-12,22,29H,4,13-18H2,1-3H3,(H,25,26);1H. The maximum absolute atomic E-state index is 10.6. The number of ether oxygens (including phenoxy) is 1. The third kappa shape index (κ3) is 7.66. The SMILES string of the molecule is CCNC(=NCC(O)CN1CCc2ccccc2C1)N(C)Cc1ccc(OC)cc1.I. The molecule has 3 rings (SSSR count). The van der Waals surface area contributed by atoms with E-state index in [1.54, 1.807) is 7.11 Å². The largest absolute Gasteiger partial charge is 0.497 e. The molecule has 0 bridgehead atoms. The van der Waals surface area contributed by atoms with Gasteiger partial charge in [-0.3, -0.25) is 9.89 Å². The molecular formula is C24H35IN4O2. The van der Waals surface area contributed by atoms with Crippen molar-refractivity contribution in [1.29, 1.82) is 0 Å². The summed E-state index contributed by atoms with van der Waals surface area (Å²) in [5.41, 5.74) is 3.97. The maximum atomic E-state index is 10.6. The van der Waals surface area contributed by atoms with Crippen molar-refractivity contribution in [2.75, 3.05) is 40.3 Å². The Labute approximate surface area is 203 Å². The molecule has 0 saturated carbocycles. The van der Waals surface area contributed by atoms with Crippen molar-refractivity contribution in [1.82, 2.24) is 15.1 Å². The van der Waals surface area contributed by atoms with Gasteiger partial charge in [0.25, 0.3) is 0 Å². The van der Waals surface area contributed by atoms with Crippen LogP contribution in [0.5, 0.6) is 5.75 Å². The van der Waals surface area contributed by atoms with Crippen LogP contribution in [-0.4, -0.2) is 67.3 Å². The van der Waals surface area contributed by atoms with Crippen LogP contribution in [0.15, 0.2) is 53.5 Å². The van der Waals surface area contributed by atoms with Crippen molar-refractivity contribution < 1.29 is 9.84 Å². The summed E-state index contributed by atoms with van der Waals surface area (Å²) < 4.78 is 5.23. The molecule has 2 N–H and O–H groups in total. The van der Waals surface area contributed by atoms with E-state index in [1.807, 2.05) is 19.2 Å². The Morgan fingerprint density at radius 1 is 1.19 bits per heavy atom. The molecule has 1 heterocycles. The maximum Gasteiger partial charge on any atom is 0.194 e. The molecule has 0 radical (unpaired) electrons. The summed E-state index contributed by atoms with van der Waals surface area (Å²) in [5.74, 6) is 1.65. The minimum atomic E-state index is -0.488. The fourth-order valence-corrected chi connectivity index (χ4v) is 3.81. The summed E-state index contributed by atoms with van der Waals surface area (Å²) in [6, 6.07) is 16.6. The van der Waals surface area contributed by atoms with Crippen molar-refractivity contribution in [2.24, 2.45) is 4.99 Å². The predicted molar refractivity (Wildman–Crippen MR) is 137 cm³/mol. The number of halogens is 1. The average molecular weight is 538 g/mol. The second-order valence-electron chi connectivity index (χ2n) is 7.81. The van der Waals surface area contributed by atoms with E-state index in [1.165, 1.54) is 16.7 Å². The number of aliphatic imine (C=N–C) groups is 1. The lowest BCUT2D eigenvalue weighted by molar-refractivity contribution is 0.111. The first-order chi connectivity index (χ1) is 14.6. The number of β-amino-alcohol motifs (C(OH)–C–C–N with tert-alkyl or cyclic N) is 1. The Bertz CT molecular complexity index is 829. The Kier molecular flexibility index (Phi) is 10.6. The minimum Gasteiger partial charge on any atom is -0.497 e. The first kappa shape index (κ1) is 25.4. The third-order valence-corrected chi connectivity index (χ3v) is 5.41. The van der Waals surface area contributed by atoms with E-state index in [4.69, 9.17) is 4.74 Å². The summed E-state index contributed by atoms with van der Waals surface area (Å²) >= 11 is 0. The quantitative estimate of drug-likeness (QED) is 0.308. The van der Waals surface area contributed by atoms with Gasteiger partial charge in [0.1, 0.15) is 5.75 Å². The molecule has 0 amide bonds. The van der Waals surface area contributed by atoms with Gasteiger partial charge in [-0.25, -0.2) is 0 Å². The summed E-state index contributed by atoms with van der Waals surface area (Å²) in [4.78, 5) is 9.08. The lowest BCUT2D eigenvalue weighted by Crippen LogP contribution is -2.40. The van der Waals surface area contributed by atoms with E-state index < -0.39 is 6.10 Å². The van der Waals surface area contributed by atoms with Crippen molar-refractivity contribution in [3.63, 3.8) is 0 Å². The van der Waals surface area contributed by atoms with E-state index >= 15 is 0 Å². The zero-order valence-electron chi connectivity index (χ0n) is 18.8. The molecular weight excluding hydrogens is 503 g/mol. The highest BCUT2D eigenvalue weighted by Crippen LogP contribution is 2.18. The van der Waals surface area contributed by atoms with Gasteiger partial charge in [-0.2, -0.15) is 0 Å². The first-order valence-corrected chi connectivity index (χ1v) is 10.7. The van der Waals surface area contributed by atoms with Crippen LogP contribution in [0.3, 0.4) is 0 Å². The molecule has 170 valence electrons. The average Bonchev–Trinajstić information content (AvgIpc) is 2.77. The van der Waals surface area contributed by atoms with Gasteiger partial charge in [-0.1, -0.05) is 36.4 Å². The highest BCUT2D eigenvalue weighted by molar-refractivity contribution is 14.0. The molecule has 7 heteroatoms. The van der Waals surface area contributed by atoms with E-state index in [9.17, 15) is 5.11 Å². The van der Waals surface area contributed by atoms with E-state index in [0.717, 1.165) is 44.3 Å². The summed E-state index contributed by atoms with van der Waals surface area (Å²) in [7, 11) is 3.69. The number of hydrogen-bond donors (Lipinski definition) is 2. The summed E-state index contributed by atoms with van der Waals surface area (Å²) in [5, 5.41) is 13.9. The monoisotopic (exact) mass is 538 g/mol. The van der Waals surface area contributed by atoms with Crippen molar-refractivity contribution in [2.45, 2.75) is 32.5 Å². The molecule has 1 unspecified atom stereocenters. The van der Waals surface area contributed by atoms with Crippen LogP contribution in [0.4, 0.5) is 0 Å². The zero-order valence-corrected chi connectivity index (χ0v) is 21.1. The fourth-order valence-electron chi connectivity index (χ4n) is 3.81. The number of methoxy groups -OCH3 is 1. The number of fused-ring (bicyclic) bond motifs is 1. The Hall–Kier alpha value is -1.84. The minimum absolute atomic E-state index is 0. The highest BCUT2D eigenvalue weighted by atomic mass is 127. The smallest absolute Gasteiger partial charge is 0.194 e. The number of rotatable bonds is 8. The van der Waals surface area contributed by atoms with Crippen LogP contribution >= 0.6 is 24.0 Å². The van der Waals surface area contributed by atoms with Crippen molar-refractivity contribution in [3.8, 4) is 5.75 Å². The Balaban J connectivity index is 0.00000341. The Morgan fingerprint density at radius 3 is 2.58 bits per heavy atom. The van der Waals surface area contributed by atoms with E-state index in [-0.39, 0.29) is 24.0 Å². The van der Waals surface area contributed by atoms with Crippen LogP contribution in [0.1, 0.15) is 23.6 Å². The van der Waals surface area contributed by atoms with E-state index in [2.05, 4.69) is 63.4 Å². The van der Waals surface area contributed by atoms with Crippen molar-refractivity contribution >= 4 is 29.9 Å². The Morgan fingerprint density at radius 2 is 1.90 bits per heavy atom. The van der Waals surface area contributed by atoms with Gasteiger partial charge >= 0.3 is 0 Å². The molecule has 1 aliphatic rings. The molecule has 31 heavy (non-hydrogen) atoms. The normalized spacial score (nSPS) is 14.9. The molecule has 1 atom stereocenters. The molecule has 1 aliphatic heterocycles. The van der Waals surface area contributed by atoms with Crippen LogP contribution < -0.4 is 10.1 Å². The molecule has 2 aromatic carbocycles. The van der Waals surface area contributed by atoms with Crippen LogP contribution in [-0.2, 0) is 19.5 Å². The molecule has 2 aromatic rings. The lowest BCUT2D eigenvalue weighted by Gasteiger charge is -2.30. The van der Waals surface area contributed by atoms with Gasteiger partial charge in [0, 0.05) is 39.8 Å². The number of benzene rings is 2. The summed E-state index contributed by atoms with van der Waals surface area (Å²) in [6.07, 6.45) is 0.553. The van der Waals surface area contributed by atoms with Gasteiger partial charge < -0.3 is 20.1 Å². The fraction of sp³-hybridized carbons (Fsp3) is 0.458. The lowest BCUT2D eigenvalue weighted by atomic mass is 10.00. The van der Waals surface area contributed by atoms with Crippen LogP contribution in [0.25, 0.3) is 0 Å². The molecule has 6 nitrogen and oxygen atoms in total. The van der Waals surface area contributed by atoms with Gasteiger partial charge in [0.15, 0.2) is 5.96 Å². The highest BCUT2D eigenvalue weighted by Gasteiger charge is 2.18. The number of aliphatic hydroxyl groups is 1. The van der Waals surface area contributed by atoms with Gasteiger partial charge in [-0.05, 0) is 42.2 Å². The van der Waals surface area contributed by atoms with E-state index in [0.29, 0.717) is 13.1 Å². The molecule has 0 saturated heterocycles. The number of aliphatic hydroxyl groups excluding tert-OH is 1. The van der Waals surface area contributed by atoms with Gasteiger partial charge in [-0.15, -0.1) is 24.0 Å². The molecule has 0 aliphatic carbocycles. The molecule has 0 aromatic heterocycles. The second kappa shape index (κ2) is 12.9. The number of nitrogens with zero attached hydrogens (tertiary/aromatic N) is 3. The second-order valence-corrected chi connectivity index (χ2v) is 7.81. The first-order valence-electron chi connectivity index (χ1n) is 10.7. The number of hydrogen-bond acceptors (Lipinski definition) is 4. The topological polar surface area (TPSA) is 60.3 Å². The third-order valence-electron chi connectivity index (χ3n) is 5.41. The molecule has 0 fully saturated rings. The van der Waals surface area contributed by atoms with Crippen molar-refractivity contribution in [3.05, 3.63) is 65.2 Å². The number of guanidine groups is 1. The predicted octanol–water partition coefficient (Wildman–Crippen LogP) is 3.13. The van der Waals surface area contributed by atoms with Crippen LogP contribution in [0.2, 0.25) is 0 Å². The zero-order chi connectivity index (χ0) is 21.3. The number of nitrogens with one attached hydrogen (secondary N) is 1. The van der Waals surface area contributed by atoms with Gasteiger partial charge in [0.2, 0.25) is 0 Å². The summed E-state index contributed by atoms with van der Waals surface area (Å²) in [6.45, 7) is 6.47. The molecule has 0 spiro atoms. The van der Waals surface area contributed by atoms with Gasteiger partial charge in [0.05, 0.1) is 19.8 Å².